The van der Waals surface area contributed by atoms with Gasteiger partial charge in [0.05, 0.1) is 27.3 Å². The van der Waals surface area contributed by atoms with Crippen LogP contribution in [0.3, 0.4) is 0 Å². The third kappa shape index (κ3) is 2.72. The van der Waals surface area contributed by atoms with Gasteiger partial charge in [-0.25, -0.2) is 4.98 Å². The lowest BCUT2D eigenvalue weighted by Crippen LogP contribution is -2.25. The highest BCUT2D eigenvalue weighted by molar-refractivity contribution is 6.39. The van der Waals surface area contributed by atoms with Crippen molar-refractivity contribution >= 4 is 34.1 Å². The Morgan fingerprint density at radius 1 is 1.23 bits per heavy atom. The first-order valence-corrected chi connectivity index (χ1v) is 7.57. The molecule has 1 atom stereocenters. The average Bonchev–Trinajstić information content (AvgIpc) is 2.52. The maximum absolute atomic E-state index is 12.7. The molecule has 0 bridgehead atoms. The smallest absolute Gasteiger partial charge is 0.263 e. The molecule has 0 saturated carbocycles. The topological polar surface area (TPSA) is 47.8 Å². The van der Waals surface area contributed by atoms with E-state index in [0.717, 1.165) is 5.56 Å². The third-order valence-electron chi connectivity index (χ3n) is 3.57. The summed E-state index contributed by atoms with van der Waals surface area (Å²) in [6.07, 6.45) is 5.71. The van der Waals surface area contributed by atoms with Gasteiger partial charge in [-0.15, -0.1) is 0 Å². The van der Waals surface area contributed by atoms with Crippen molar-refractivity contribution in [2.24, 2.45) is 0 Å². The fourth-order valence-corrected chi connectivity index (χ4v) is 2.88. The molecule has 0 aliphatic carbocycles. The first-order chi connectivity index (χ1) is 10.6. The molecule has 3 aromatic rings. The molecule has 112 valence electrons. The first kappa shape index (κ1) is 15.0. The zero-order valence-electron chi connectivity index (χ0n) is 11.8. The highest BCUT2D eigenvalue weighted by atomic mass is 35.5. The van der Waals surface area contributed by atoms with Crippen LogP contribution in [-0.4, -0.2) is 14.5 Å². The molecule has 4 nitrogen and oxygen atoms in total. The van der Waals surface area contributed by atoms with Crippen molar-refractivity contribution < 1.29 is 0 Å². The minimum Gasteiger partial charge on any atom is -0.296 e. The maximum atomic E-state index is 12.7. The number of benzene rings is 1. The fraction of sp³-hybridized carbons (Fsp3) is 0.188. The Morgan fingerprint density at radius 2 is 2.00 bits per heavy atom. The average molecular weight is 334 g/mol. The fourth-order valence-electron chi connectivity index (χ4n) is 2.44. The van der Waals surface area contributed by atoms with Gasteiger partial charge in [0.15, 0.2) is 0 Å². The maximum Gasteiger partial charge on any atom is 0.263 e. The van der Waals surface area contributed by atoms with Crippen LogP contribution in [0.5, 0.6) is 0 Å². The van der Waals surface area contributed by atoms with E-state index in [-0.39, 0.29) is 11.6 Å². The molecular formula is C16H13Cl2N3O. The van der Waals surface area contributed by atoms with Gasteiger partial charge in [0.25, 0.3) is 5.56 Å². The van der Waals surface area contributed by atoms with E-state index < -0.39 is 0 Å². The number of pyridine rings is 1. The highest BCUT2D eigenvalue weighted by Crippen LogP contribution is 2.26. The zero-order chi connectivity index (χ0) is 15.7. The van der Waals surface area contributed by atoms with Gasteiger partial charge in [0, 0.05) is 18.4 Å². The quantitative estimate of drug-likeness (QED) is 0.730. The Balaban J connectivity index is 2.07. The highest BCUT2D eigenvalue weighted by Gasteiger charge is 2.14. The number of halogens is 2. The van der Waals surface area contributed by atoms with E-state index in [9.17, 15) is 4.79 Å². The summed E-state index contributed by atoms with van der Waals surface area (Å²) in [6, 6.07) is 7.05. The second-order valence-electron chi connectivity index (χ2n) is 5.12. The predicted molar refractivity (Wildman–Crippen MR) is 88.7 cm³/mol. The van der Waals surface area contributed by atoms with Crippen molar-refractivity contribution in [3.63, 3.8) is 0 Å². The van der Waals surface area contributed by atoms with Gasteiger partial charge < -0.3 is 0 Å². The van der Waals surface area contributed by atoms with E-state index in [0.29, 0.717) is 27.4 Å². The van der Waals surface area contributed by atoms with Crippen LogP contribution in [0.2, 0.25) is 10.0 Å². The summed E-state index contributed by atoms with van der Waals surface area (Å²) in [4.78, 5) is 21.1. The van der Waals surface area contributed by atoms with E-state index in [4.69, 9.17) is 23.2 Å². The number of hydrogen-bond donors (Lipinski definition) is 0. The molecule has 22 heavy (non-hydrogen) atoms. The van der Waals surface area contributed by atoms with E-state index in [1.54, 1.807) is 29.1 Å². The van der Waals surface area contributed by atoms with Gasteiger partial charge in [0.1, 0.15) is 0 Å². The van der Waals surface area contributed by atoms with Crippen LogP contribution in [0.15, 0.2) is 47.8 Å². The van der Waals surface area contributed by atoms with Crippen LogP contribution in [0.4, 0.5) is 0 Å². The summed E-state index contributed by atoms with van der Waals surface area (Å²) in [5, 5.41) is 1.14. The molecule has 0 spiro atoms. The van der Waals surface area contributed by atoms with Gasteiger partial charge in [0.2, 0.25) is 0 Å². The van der Waals surface area contributed by atoms with Crippen molar-refractivity contribution in [2.75, 3.05) is 0 Å². The Kier molecular flexibility index (Phi) is 4.14. The van der Waals surface area contributed by atoms with Gasteiger partial charge in [-0.2, -0.15) is 0 Å². The number of nitrogens with zero attached hydrogens (tertiary/aromatic N) is 3. The van der Waals surface area contributed by atoms with E-state index in [1.165, 1.54) is 6.33 Å². The Morgan fingerprint density at radius 3 is 2.73 bits per heavy atom. The molecular weight excluding hydrogens is 321 g/mol. The Bertz CT molecular complexity index is 878. The molecule has 0 aliphatic heterocycles. The number of rotatable bonds is 3. The molecule has 2 heterocycles. The van der Waals surface area contributed by atoms with Crippen molar-refractivity contribution in [3.8, 4) is 0 Å². The summed E-state index contributed by atoms with van der Waals surface area (Å²) in [6.45, 7) is 1.96. The van der Waals surface area contributed by atoms with Crippen LogP contribution < -0.4 is 5.56 Å². The van der Waals surface area contributed by atoms with E-state index >= 15 is 0 Å². The standard InChI is InChI=1S/C16H13Cl2N3O/c1-10(7-11-3-2-6-19-8-11)21-9-20-15-13(18)5-4-12(17)14(15)16(21)22/h2-6,8-10H,7H2,1H3/t10-/m0/s1. The molecule has 0 unspecified atom stereocenters. The molecule has 0 amide bonds. The van der Waals surface area contributed by atoms with Crippen LogP contribution in [0.1, 0.15) is 18.5 Å². The molecule has 0 N–H and O–H groups in total. The summed E-state index contributed by atoms with van der Waals surface area (Å²) in [5.41, 5.74) is 1.30. The number of fused-ring (bicyclic) bond motifs is 1. The van der Waals surface area contributed by atoms with Gasteiger partial charge in [-0.05, 0) is 37.1 Å². The largest absolute Gasteiger partial charge is 0.296 e. The second-order valence-corrected chi connectivity index (χ2v) is 5.94. The minimum absolute atomic E-state index is 0.0661. The predicted octanol–water partition coefficient (Wildman–Crippen LogP) is 3.90. The molecule has 1 aromatic carbocycles. The van der Waals surface area contributed by atoms with Crippen molar-refractivity contribution in [1.29, 1.82) is 0 Å². The van der Waals surface area contributed by atoms with Crippen LogP contribution in [-0.2, 0) is 6.42 Å². The van der Waals surface area contributed by atoms with Crippen LogP contribution in [0.25, 0.3) is 10.9 Å². The normalized spacial score (nSPS) is 12.5. The molecule has 0 saturated heterocycles. The van der Waals surface area contributed by atoms with Crippen molar-refractivity contribution in [2.45, 2.75) is 19.4 Å². The van der Waals surface area contributed by atoms with Crippen molar-refractivity contribution in [1.82, 2.24) is 14.5 Å². The third-order valence-corrected chi connectivity index (χ3v) is 4.19. The lowest BCUT2D eigenvalue weighted by molar-refractivity contribution is 0.522. The summed E-state index contributed by atoms with van der Waals surface area (Å²) in [5.74, 6) is 0. The monoisotopic (exact) mass is 333 g/mol. The lowest BCUT2D eigenvalue weighted by Gasteiger charge is -2.15. The molecule has 0 fully saturated rings. The molecule has 6 heteroatoms. The summed E-state index contributed by atoms with van der Waals surface area (Å²) < 4.78 is 1.58. The summed E-state index contributed by atoms with van der Waals surface area (Å²) in [7, 11) is 0. The summed E-state index contributed by atoms with van der Waals surface area (Å²) >= 11 is 12.2. The van der Waals surface area contributed by atoms with Crippen LogP contribution in [0, 0.1) is 0 Å². The molecule has 3 rings (SSSR count). The number of aromatic nitrogens is 3. The lowest BCUT2D eigenvalue weighted by atomic mass is 10.1. The van der Waals surface area contributed by atoms with Crippen LogP contribution >= 0.6 is 23.2 Å². The number of hydrogen-bond acceptors (Lipinski definition) is 3. The van der Waals surface area contributed by atoms with Gasteiger partial charge >= 0.3 is 0 Å². The Labute approximate surface area is 137 Å². The SMILES string of the molecule is C[C@@H](Cc1cccnc1)n1cnc2c(Cl)ccc(Cl)c2c1=O. The first-order valence-electron chi connectivity index (χ1n) is 6.81. The molecule has 2 aromatic heterocycles. The van der Waals surface area contributed by atoms with Gasteiger partial charge in [-0.1, -0.05) is 29.3 Å². The molecule has 0 radical (unpaired) electrons. The Hall–Kier alpha value is -1.91. The van der Waals surface area contributed by atoms with E-state index in [2.05, 4.69) is 9.97 Å². The van der Waals surface area contributed by atoms with Crippen molar-refractivity contribution in [3.05, 3.63) is 68.9 Å². The molecule has 0 aliphatic rings. The van der Waals surface area contributed by atoms with Gasteiger partial charge in [-0.3, -0.25) is 14.3 Å². The minimum atomic E-state index is -0.186. The van der Waals surface area contributed by atoms with E-state index in [1.807, 2.05) is 19.1 Å². The second kappa shape index (κ2) is 6.07. The zero-order valence-corrected chi connectivity index (χ0v) is 13.3.